The minimum absolute atomic E-state index is 0.215. The van der Waals surface area contributed by atoms with E-state index in [1.54, 1.807) is 18.2 Å². The van der Waals surface area contributed by atoms with Crippen molar-refractivity contribution in [3.8, 4) is 0 Å². The van der Waals surface area contributed by atoms with Gasteiger partial charge in [-0.2, -0.15) is 0 Å². The molecule has 5 nitrogen and oxygen atoms in total. The van der Waals surface area contributed by atoms with E-state index in [4.69, 9.17) is 0 Å². The number of aromatic nitrogens is 1. The first-order chi connectivity index (χ1) is 10.6. The molecule has 0 aliphatic carbocycles. The van der Waals surface area contributed by atoms with Crippen LogP contribution in [0.2, 0.25) is 0 Å². The zero-order valence-electron chi connectivity index (χ0n) is 12.7. The summed E-state index contributed by atoms with van der Waals surface area (Å²) >= 11 is 0. The molecule has 2 N–H and O–H groups in total. The summed E-state index contributed by atoms with van der Waals surface area (Å²) in [5.41, 5.74) is 2.15. The molecule has 0 saturated carbocycles. The predicted molar refractivity (Wildman–Crippen MR) is 86.0 cm³/mol. The Balaban J connectivity index is 2.13. The summed E-state index contributed by atoms with van der Waals surface area (Å²) in [5, 5.41) is 5.54. The SMILES string of the molecule is CCCNC(=O)c1cccc(C(=O)Nc2ccccc2C)n1. The third-order valence-corrected chi connectivity index (χ3v) is 3.14. The quantitative estimate of drug-likeness (QED) is 0.891. The lowest BCUT2D eigenvalue weighted by Crippen LogP contribution is -2.26. The Morgan fingerprint density at radius 2 is 1.68 bits per heavy atom. The number of benzene rings is 1. The summed E-state index contributed by atoms with van der Waals surface area (Å²) in [6.07, 6.45) is 0.846. The molecule has 2 aromatic rings. The van der Waals surface area contributed by atoms with Gasteiger partial charge in [-0.25, -0.2) is 4.98 Å². The van der Waals surface area contributed by atoms with Crippen molar-refractivity contribution in [3.63, 3.8) is 0 Å². The Morgan fingerprint density at radius 3 is 2.36 bits per heavy atom. The number of rotatable bonds is 5. The third-order valence-electron chi connectivity index (χ3n) is 3.14. The highest BCUT2D eigenvalue weighted by Gasteiger charge is 2.12. The lowest BCUT2D eigenvalue weighted by atomic mass is 10.2. The number of amides is 2. The van der Waals surface area contributed by atoms with Gasteiger partial charge in [0.1, 0.15) is 11.4 Å². The molecule has 0 fully saturated rings. The van der Waals surface area contributed by atoms with Crippen molar-refractivity contribution in [3.05, 3.63) is 59.4 Å². The average Bonchev–Trinajstić information content (AvgIpc) is 2.54. The first-order valence-electron chi connectivity index (χ1n) is 7.24. The Bertz CT molecular complexity index is 683. The van der Waals surface area contributed by atoms with E-state index in [1.165, 1.54) is 0 Å². The van der Waals surface area contributed by atoms with Crippen molar-refractivity contribution in [2.75, 3.05) is 11.9 Å². The minimum Gasteiger partial charge on any atom is -0.351 e. The van der Waals surface area contributed by atoms with Gasteiger partial charge in [0.15, 0.2) is 0 Å². The van der Waals surface area contributed by atoms with Gasteiger partial charge in [0, 0.05) is 12.2 Å². The van der Waals surface area contributed by atoms with Gasteiger partial charge in [-0.3, -0.25) is 9.59 Å². The molecule has 0 aliphatic heterocycles. The normalized spacial score (nSPS) is 10.1. The van der Waals surface area contributed by atoms with Crippen LogP contribution < -0.4 is 10.6 Å². The van der Waals surface area contributed by atoms with Gasteiger partial charge >= 0.3 is 0 Å². The number of aryl methyl sites for hydroxylation is 1. The van der Waals surface area contributed by atoms with E-state index < -0.39 is 0 Å². The summed E-state index contributed by atoms with van der Waals surface area (Å²) in [4.78, 5) is 28.3. The van der Waals surface area contributed by atoms with Crippen molar-refractivity contribution >= 4 is 17.5 Å². The van der Waals surface area contributed by atoms with Crippen molar-refractivity contribution in [1.29, 1.82) is 0 Å². The molecule has 0 saturated heterocycles. The molecule has 0 atom stereocenters. The van der Waals surface area contributed by atoms with Gasteiger partial charge in [0.25, 0.3) is 11.8 Å². The number of carbonyl (C=O) groups excluding carboxylic acids is 2. The molecular formula is C17H19N3O2. The predicted octanol–water partition coefficient (Wildman–Crippen LogP) is 2.78. The summed E-state index contributed by atoms with van der Waals surface area (Å²) < 4.78 is 0. The number of hydrogen-bond donors (Lipinski definition) is 2. The molecule has 22 heavy (non-hydrogen) atoms. The molecule has 0 aliphatic rings. The highest BCUT2D eigenvalue weighted by atomic mass is 16.2. The van der Waals surface area contributed by atoms with E-state index in [9.17, 15) is 9.59 Å². The maximum absolute atomic E-state index is 12.2. The van der Waals surface area contributed by atoms with E-state index in [0.717, 1.165) is 17.7 Å². The van der Waals surface area contributed by atoms with E-state index in [1.807, 2.05) is 38.1 Å². The van der Waals surface area contributed by atoms with Gasteiger partial charge in [-0.1, -0.05) is 31.2 Å². The molecule has 2 rings (SSSR count). The summed E-state index contributed by atoms with van der Waals surface area (Å²) in [6, 6.07) is 12.3. The monoisotopic (exact) mass is 297 g/mol. The minimum atomic E-state index is -0.334. The highest BCUT2D eigenvalue weighted by Crippen LogP contribution is 2.14. The second-order valence-corrected chi connectivity index (χ2v) is 4.93. The van der Waals surface area contributed by atoms with E-state index >= 15 is 0 Å². The molecular weight excluding hydrogens is 278 g/mol. The van der Waals surface area contributed by atoms with Crippen LogP contribution in [-0.4, -0.2) is 23.3 Å². The zero-order chi connectivity index (χ0) is 15.9. The van der Waals surface area contributed by atoms with Crippen LogP contribution >= 0.6 is 0 Å². The standard InChI is InChI=1S/C17H19N3O2/c1-3-11-18-16(21)14-9-6-10-15(19-14)17(22)20-13-8-5-4-7-12(13)2/h4-10H,3,11H2,1-2H3,(H,18,21)(H,20,22). The van der Waals surface area contributed by atoms with E-state index in [-0.39, 0.29) is 23.2 Å². The van der Waals surface area contributed by atoms with Crippen LogP contribution in [0.4, 0.5) is 5.69 Å². The van der Waals surface area contributed by atoms with Crippen molar-refractivity contribution < 1.29 is 9.59 Å². The van der Waals surface area contributed by atoms with Crippen molar-refractivity contribution in [2.24, 2.45) is 0 Å². The first kappa shape index (κ1) is 15.7. The summed E-state index contributed by atoms with van der Waals surface area (Å²) in [6.45, 7) is 4.47. The van der Waals surface area contributed by atoms with E-state index in [2.05, 4.69) is 15.6 Å². The van der Waals surface area contributed by atoms with Gasteiger partial charge in [0.2, 0.25) is 0 Å². The number of nitrogens with zero attached hydrogens (tertiary/aromatic N) is 1. The largest absolute Gasteiger partial charge is 0.351 e. The Hall–Kier alpha value is -2.69. The summed E-state index contributed by atoms with van der Waals surface area (Å²) in [7, 11) is 0. The number of carbonyl (C=O) groups is 2. The molecule has 0 unspecified atom stereocenters. The van der Waals surface area contributed by atoms with Crippen molar-refractivity contribution in [2.45, 2.75) is 20.3 Å². The molecule has 0 spiro atoms. The first-order valence-corrected chi connectivity index (χ1v) is 7.24. The van der Waals surface area contributed by atoms with Gasteiger partial charge < -0.3 is 10.6 Å². The lowest BCUT2D eigenvalue weighted by Gasteiger charge is -2.08. The number of para-hydroxylation sites is 1. The fraction of sp³-hybridized carbons (Fsp3) is 0.235. The Labute approximate surface area is 129 Å². The molecule has 0 radical (unpaired) electrons. The average molecular weight is 297 g/mol. The van der Waals surface area contributed by atoms with Gasteiger partial charge in [0.05, 0.1) is 0 Å². The smallest absolute Gasteiger partial charge is 0.274 e. The third kappa shape index (κ3) is 3.91. The van der Waals surface area contributed by atoms with Crippen LogP contribution in [0, 0.1) is 6.92 Å². The fourth-order valence-corrected chi connectivity index (χ4v) is 1.92. The molecule has 0 bridgehead atoms. The number of nitrogens with one attached hydrogen (secondary N) is 2. The second-order valence-electron chi connectivity index (χ2n) is 4.93. The lowest BCUT2D eigenvalue weighted by molar-refractivity contribution is 0.0948. The molecule has 1 aromatic carbocycles. The number of anilines is 1. The molecule has 2 amide bonds. The maximum Gasteiger partial charge on any atom is 0.274 e. The van der Waals surface area contributed by atoms with Crippen LogP contribution in [0.3, 0.4) is 0 Å². The van der Waals surface area contributed by atoms with Crippen LogP contribution in [0.1, 0.15) is 39.9 Å². The zero-order valence-corrected chi connectivity index (χ0v) is 12.7. The van der Waals surface area contributed by atoms with Crippen LogP contribution in [0.15, 0.2) is 42.5 Å². The second kappa shape index (κ2) is 7.36. The van der Waals surface area contributed by atoms with E-state index in [0.29, 0.717) is 6.54 Å². The topological polar surface area (TPSA) is 71.1 Å². The Kier molecular flexibility index (Phi) is 5.25. The number of hydrogen-bond acceptors (Lipinski definition) is 3. The van der Waals surface area contributed by atoms with Gasteiger partial charge in [-0.05, 0) is 37.1 Å². The highest BCUT2D eigenvalue weighted by molar-refractivity contribution is 6.04. The Morgan fingerprint density at radius 1 is 1.00 bits per heavy atom. The molecule has 1 aromatic heterocycles. The van der Waals surface area contributed by atoms with Gasteiger partial charge in [-0.15, -0.1) is 0 Å². The van der Waals surface area contributed by atoms with Crippen LogP contribution in [0.25, 0.3) is 0 Å². The molecule has 1 heterocycles. The molecule has 5 heteroatoms. The van der Waals surface area contributed by atoms with Crippen molar-refractivity contribution in [1.82, 2.24) is 10.3 Å². The number of pyridine rings is 1. The fourth-order valence-electron chi connectivity index (χ4n) is 1.92. The van der Waals surface area contributed by atoms with Crippen LogP contribution in [-0.2, 0) is 0 Å². The van der Waals surface area contributed by atoms with Crippen LogP contribution in [0.5, 0.6) is 0 Å². The summed E-state index contributed by atoms with van der Waals surface area (Å²) in [5.74, 6) is -0.605. The molecule has 114 valence electrons. The maximum atomic E-state index is 12.2.